The molecule has 1 amide bonds. The fourth-order valence-electron chi connectivity index (χ4n) is 3.49. The molecule has 1 heterocycles. The van der Waals surface area contributed by atoms with Crippen molar-refractivity contribution in [3.05, 3.63) is 83.9 Å². The number of carbonyl (C=O) groups excluding carboxylic acids is 2. The minimum absolute atomic E-state index is 0.236. The van der Waals surface area contributed by atoms with Gasteiger partial charge in [-0.3, -0.25) is 4.79 Å². The van der Waals surface area contributed by atoms with Crippen LogP contribution < -0.4 is 24.3 Å². The first kappa shape index (κ1) is 23.9. The summed E-state index contributed by atoms with van der Waals surface area (Å²) in [5.41, 5.74) is 1.09. The molecule has 8 heteroatoms. The molecule has 1 unspecified atom stereocenters. The molecule has 1 aliphatic rings. The van der Waals surface area contributed by atoms with Gasteiger partial charge in [-0.05, 0) is 48.9 Å². The molecule has 182 valence electrons. The van der Waals surface area contributed by atoms with Crippen molar-refractivity contribution in [1.82, 2.24) is 5.32 Å². The molecule has 1 aliphatic heterocycles. The summed E-state index contributed by atoms with van der Waals surface area (Å²) < 4.78 is 27.6. The third kappa shape index (κ3) is 6.66. The van der Waals surface area contributed by atoms with Crippen LogP contribution in [0.15, 0.2) is 72.8 Å². The average molecular weight is 478 g/mol. The van der Waals surface area contributed by atoms with Crippen LogP contribution in [0.1, 0.15) is 28.9 Å². The highest BCUT2D eigenvalue weighted by atomic mass is 16.6. The monoisotopic (exact) mass is 477 g/mol. The highest BCUT2D eigenvalue weighted by Crippen LogP contribution is 2.32. The van der Waals surface area contributed by atoms with Gasteiger partial charge < -0.3 is 29.0 Å². The standard InChI is InChI=1S/C27H27NO7/c1-19(20-11-12-24-25(17-20)34-16-15-33-24)28-26(29)18-35-27(30)22-9-5-6-10-23(22)32-14-13-31-21-7-3-2-4-8-21/h2-12,17,19H,13-16,18H2,1H3,(H,28,29). The molecule has 1 atom stereocenters. The number of carbonyl (C=O) groups is 2. The van der Waals surface area contributed by atoms with Crippen molar-refractivity contribution in [1.29, 1.82) is 0 Å². The fraction of sp³-hybridized carbons (Fsp3) is 0.259. The molecule has 0 saturated heterocycles. The molecule has 0 radical (unpaired) electrons. The summed E-state index contributed by atoms with van der Waals surface area (Å²) in [5, 5.41) is 2.82. The van der Waals surface area contributed by atoms with Gasteiger partial charge in [0.1, 0.15) is 43.5 Å². The Labute approximate surface area is 203 Å². The van der Waals surface area contributed by atoms with E-state index in [2.05, 4.69) is 5.32 Å². The lowest BCUT2D eigenvalue weighted by atomic mass is 10.1. The summed E-state index contributed by atoms with van der Waals surface area (Å²) in [6.07, 6.45) is 0. The fourth-order valence-corrected chi connectivity index (χ4v) is 3.49. The number of hydrogen-bond donors (Lipinski definition) is 1. The van der Waals surface area contributed by atoms with E-state index in [9.17, 15) is 9.59 Å². The lowest BCUT2D eigenvalue weighted by Gasteiger charge is -2.21. The number of nitrogens with one attached hydrogen (secondary N) is 1. The number of amides is 1. The molecule has 3 aromatic carbocycles. The molecule has 0 spiro atoms. The molecule has 0 fully saturated rings. The molecule has 0 aromatic heterocycles. The van der Waals surface area contributed by atoms with E-state index in [4.69, 9.17) is 23.7 Å². The van der Waals surface area contributed by atoms with Crippen molar-refractivity contribution in [3.8, 4) is 23.0 Å². The number of esters is 1. The number of hydrogen-bond acceptors (Lipinski definition) is 7. The van der Waals surface area contributed by atoms with Gasteiger partial charge in [-0.25, -0.2) is 4.79 Å². The Morgan fingerprint density at radius 3 is 2.43 bits per heavy atom. The molecule has 4 rings (SSSR count). The van der Waals surface area contributed by atoms with Gasteiger partial charge in [0.05, 0.1) is 6.04 Å². The maximum absolute atomic E-state index is 12.6. The Hall–Kier alpha value is -4.20. The Morgan fingerprint density at radius 1 is 0.886 bits per heavy atom. The highest BCUT2D eigenvalue weighted by molar-refractivity contribution is 5.94. The van der Waals surface area contributed by atoms with Crippen molar-refractivity contribution in [3.63, 3.8) is 0 Å². The molecule has 0 aliphatic carbocycles. The predicted octanol–water partition coefficient (Wildman–Crippen LogP) is 3.95. The van der Waals surface area contributed by atoms with Crippen LogP contribution in [0.25, 0.3) is 0 Å². The van der Waals surface area contributed by atoms with E-state index in [-0.39, 0.29) is 18.2 Å². The van der Waals surface area contributed by atoms with Crippen molar-refractivity contribution < 1.29 is 33.3 Å². The summed E-state index contributed by atoms with van der Waals surface area (Å²) in [6, 6.07) is 21.3. The highest BCUT2D eigenvalue weighted by Gasteiger charge is 2.18. The number of fused-ring (bicyclic) bond motifs is 1. The number of para-hydroxylation sites is 2. The molecule has 35 heavy (non-hydrogen) atoms. The second-order valence-electron chi connectivity index (χ2n) is 7.77. The van der Waals surface area contributed by atoms with Crippen LogP contribution in [0.5, 0.6) is 23.0 Å². The van der Waals surface area contributed by atoms with Crippen molar-refractivity contribution in [2.75, 3.05) is 33.0 Å². The normalized spacial score (nSPS) is 12.8. The lowest BCUT2D eigenvalue weighted by Crippen LogP contribution is -2.31. The Kier molecular flexibility index (Phi) is 8.06. The van der Waals surface area contributed by atoms with Gasteiger partial charge in [-0.15, -0.1) is 0 Å². The zero-order valence-corrected chi connectivity index (χ0v) is 19.4. The van der Waals surface area contributed by atoms with E-state index in [1.807, 2.05) is 55.5 Å². The van der Waals surface area contributed by atoms with E-state index in [1.54, 1.807) is 24.3 Å². The lowest BCUT2D eigenvalue weighted by molar-refractivity contribution is -0.124. The topological polar surface area (TPSA) is 92.3 Å². The van der Waals surface area contributed by atoms with Crippen LogP contribution in [-0.2, 0) is 9.53 Å². The zero-order valence-electron chi connectivity index (χ0n) is 19.4. The van der Waals surface area contributed by atoms with Gasteiger partial charge >= 0.3 is 5.97 Å². The molecule has 3 aromatic rings. The molecule has 0 saturated carbocycles. The summed E-state index contributed by atoms with van der Waals surface area (Å²) in [7, 11) is 0. The van der Waals surface area contributed by atoms with Crippen LogP contribution in [0.4, 0.5) is 0 Å². The van der Waals surface area contributed by atoms with Crippen LogP contribution >= 0.6 is 0 Å². The van der Waals surface area contributed by atoms with Gasteiger partial charge in [0, 0.05) is 0 Å². The van der Waals surface area contributed by atoms with Crippen molar-refractivity contribution in [2.24, 2.45) is 0 Å². The first-order chi connectivity index (χ1) is 17.1. The zero-order chi connectivity index (χ0) is 24.5. The van der Waals surface area contributed by atoms with Gasteiger partial charge in [-0.2, -0.15) is 0 Å². The molecular weight excluding hydrogens is 450 g/mol. The van der Waals surface area contributed by atoms with Gasteiger partial charge in [0.25, 0.3) is 5.91 Å². The van der Waals surface area contributed by atoms with Crippen LogP contribution in [0, 0.1) is 0 Å². The maximum atomic E-state index is 12.6. The number of rotatable bonds is 10. The van der Waals surface area contributed by atoms with E-state index in [0.29, 0.717) is 37.1 Å². The molecule has 0 bridgehead atoms. The second kappa shape index (κ2) is 11.8. The third-order valence-electron chi connectivity index (χ3n) is 5.24. The summed E-state index contributed by atoms with van der Waals surface area (Å²) in [6.45, 7) is 2.98. The second-order valence-corrected chi connectivity index (χ2v) is 7.77. The molecule has 8 nitrogen and oxygen atoms in total. The van der Waals surface area contributed by atoms with Crippen molar-refractivity contribution in [2.45, 2.75) is 13.0 Å². The maximum Gasteiger partial charge on any atom is 0.342 e. The summed E-state index contributed by atoms with van der Waals surface area (Å²) in [5.74, 6) is 1.36. The Balaban J connectivity index is 1.25. The van der Waals surface area contributed by atoms with Crippen LogP contribution in [0.3, 0.4) is 0 Å². The largest absolute Gasteiger partial charge is 0.490 e. The molecule has 1 N–H and O–H groups in total. The van der Waals surface area contributed by atoms with Gasteiger partial charge in [-0.1, -0.05) is 36.4 Å². The van der Waals surface area contributed by atoms with Crippen molar-refractivity contribution >= 4 is 11.9 Å². The van der Waals surface area contributed by atoms with Gasteiger partial charge in [0.2, 0.25) is 0 Å². The first-order valence-electron chi connectivity index (χ1n) is 11.4. The minimum Gasteiger partial charge on any atom is -0.490 e. The number of ether oxygens (including phenoxy) is 5. The van der Waals surface area contributed by atoms with Crippen LogP contribution in [0.2, 0.25) is 0 Å². The molecular formula is C27H27NO7. The van der Waals surface area contributed by atoms with E-state index >= 15 is 0 Å². The Bertz CT molecular complexity index is 1150. The summed E-state index contributed by atoms with van der Waals surface area (Å²) >= 11 is 0. The quantitative estimate of drug-likeness (QED) is 0.349. The first-order valence-corrected chi connectivity index (χ1v) is 11.4. The van der Waals surface area contributed by atoms with E-state index < -0.39 is 18.5 Å². The number of benzene rings is 3. The smallest absolute Gasteiger partial charge is 0.342 e. The predicted molar refractivity (Wildman–Crippen MR) is 128 cm³/mol. The van der Waals surface area contributed by atoms with E-state index in [0.717, 1.165) is 11.3 Å². The minimum atomic E-state index is -0.647. The van der Waals surface area contributed by atoms with Gasteiger partial charge in [0.15, 0.2) is 18.1 Å². The summed E-state index contributed by atoms with van der Waals surface area (Å²) in [4.78, 5) is 25.0. The Morgan fingerprint density at radius 2 is 1.60 bits per heavy atom. The SMILES string of the molecule is CC(NC(=O)COC(=O)c1ccccc1OCCOc1ccccc1)c1ccc2c(c1)OCCO2. The third-order valence-corrected chi connectivity index (χ3v) is 5.24. The average Bonchev–Trinajstić information content (AvgIpc) is 2.90. The van der Waals surface area contributed by atoms with Crippen LogP contribution in [-0.4, -0.2) is 44.9 Å². The van der Waals surface area contributed by atoms with E-state index in [1.165, 1.54) is 0 Å².